The fourth-order valence-electron chi connectivity index (χ4n) is 2.66. The lowest BCUT2D eigenvalue weighted by atomic mass is 10.1. The number of aromatic nitrogens is 2. The number of hydrogen-bond donors (Lipinski definition) is 0. The summed E-state index contributed by atoms with van der Waals surface area (Å²) in [4.78, 5) is 12.1. The summed E-state index contributed by atoms with van der Waals surface area (Å²) in [6, 6.07) is 0. The van der Waals surface area contributed by atoms with Crippen molar-refractivity contribution in [2.24, 2.45) is 0 Å². The Kier molecular flexibility index (Phi) is 5.61. The van der Waals surface area contributed by atoms with Crippen molar-refractivity contribution < 1.29 is 9.53 Å². The van der Waals surface area contributed by atoms with Crippen LogP contribution in [0.25, 0.3) is 0 Å². The van der Waals surface area contributed by atoms with Crippen LogP contribution in [-0.2, 0) is 28.9 Å². The second-order valence-electron chi connectivity index (χ2n) is 5.27. The fourth-order valence-corrected chi connectivity index (χ4v) is 2.99. The summed E-state index contributed by atoms with van der Waals surface area (Å²) in [5.74, 6) is 0.222. The number of ether oxygens (including phenoxy) is 1. The molecule has 0 aliphatic carbocycles. The number of hydrogen-bond acceptors (Lipinski definition) is 3. The van der Waals surface area contributed by atoms with Crippen LogP contribution in [0.15, 0.2) is 0 Å². The smallest absolute Gasteiger partial charge is 0.138 e. The molecule has 1 aliphatic heterocycles. The largest absolute Gasteiger partial charge is 0.378 e. The number of carbonyl (C=O) groups is 1. The van der Waals surface area contributed by atoms with E-state index in [0.29, 0.717) is 17.9 Å². The van der Waals surface area contributed by atoms with Crippen molar-refractivity contribution >= 4 is 17.4 Å². The maximum absolute atomic E-state index is 12.1. The van der Waals surface area contributed by atoms with E-state index in [-0.39, 0.29) is 11.9 Å². The first kappa shape index (κ1) is 15.5. The fraction of sp³-hybridized carbons (Fsp3) is 0.733. The Morgan fingerprint density at radius 1 is 1.50 bits per heavy atom. The van der Waals surface area contributed by atoms with Gasteiger partial charge in [0.15, 0.2) is 0 Å². The van der Waals surface area contributed by atoms with E-state index in [1.165, 1.54) is 0 Å². The molecular formula is C15H23ClN2O2. The molecule has 0 spiro atoms. The molecule has 112 valence electrons. The van der Waals surface area contributed by atoms with E-state index in [0.717, 1.165) is 50.2 Å². The normalized spacial score (nSPS) is 18.6. The van der Waals surface area contributed by atoms with Gasteiger partial charge >= 0.3 is 0 Å². The van der Waals surface area contributed by atoms with Crippen LogP contribution in [-0.4, -0.2) is 28.3 Å². The summed E-state index contributed by atoms with van der Waals surface area (Å²) in [5, 5.41) is 5.11. The highest BCUT2D eigenvalue weighted by molar-refractivity contribution is 6.32. The predicted octanol–water partition coefficient (Wildman–Crippen LogP) is 3.19. The number of carbonyl (C=O) groups excluding carboxylic acids is 1. The molecule has 0 amide bonds. The quantitative estimate of drug-likeness (QED) is 0.776. The van der Waals surface area contributed by atoms with Gasteiger partial charge in [0.1, 0.15) is 5.78 Å². The van der Waals surface area contributed by atoms with Crippen LogP contribution in [0.2, 0.25) is 5.02 Å². The number of nitrogens with zero attached hydrogens (tertiary/aromatic N) is 2. The monoisotopic (exact) mass is 298 g/mol. The lowest BCUT2D eigenvalue weighted by molar-refractivity contribution is -0.119. The van der Waals surface area contributed by atoms with Crippen LogP contribution in [0.3, 0.4) is 0 Å². The third kappa shape index (κ3) is 3.61. The second kappa shape index (κ2) is 7.23. The highest BCUT2D eigenvalue weighted by atomic mass is 35.5. The maximum atomic E-state index is 12.1. The predicted molar refractivity (Wildman–Crippen MR) is 79.2 cm³/mol. The number of rotatable bonds is 7. The third-order valence-electron chi connectivity index (χ3n) is 3.83. The van der Waals surface area contributed by atoms with Gasteiger partial charge in [-0.05, 0) is 32.6 Å². The maximum Gasteiger partial charge on any atom is 0.138 e. The second-order valence-corrected chi connectivity index (χ2v) is 5.64. The molecule has 1 aromatic rings. The zero-order valence-corrected chi connectivity index (χ0v) is 13.1. The van der Waals surface area contributed by atoms with Gasteiger partial charge in [0, 0.05) is 26.0 Å². The molecular weight excluding hydrogens is 276 g/mol. The van der Waals surface area contributed by atoms with E-state index in [4.69, 9.17) is 16.3 Å². The van der Waals surface area contributed by atoms with Gasteiger partial charge in [-0.15, -0.1) is 0 Å². The van der Waals surface area contributed by atoms with E-state index in [2.05, 4.69) is 5.10 Å². The molecule has 2 heterocycles. The van der Waals surface area contributed by atoms with Gasteiger partial charge in [-0.2, -0.15) is 5.10 Å². The minimum atomic E-state index is 0.222. The molecule has 2 rings (SSSR count). The first-order valence-electron chi connectivity index (χ1n) is 7.53. The SMILES string of the molecule is CCc1nn(CC)c(CC(=O)CCC2CCCO2)c1Cl. The summed E-state index contributed by atoms with van der Waals surface area (Å²) in [5.41, 5.74) is 1.75. The summed E-state index contributed by atoms with van der Waals surface area (Å²) in [6.45, 7) is 5.63. The number of halogens is 1. The van der Waals surface area contributed by atoms with Crippen LogP contribution in [0.5, 0.6) is 0 Å². The van der Waals surface area contributed by atoms with Crippen molar-refractivity contribution in [1.82, 2.24) is 9.78 Å². The molecule has 1 unspecified atom stereocenters. The molecule has 0 bridgehead atoms. The number of ketones is 1. The van der Waals surface area contributed by atoms with Gasteiger partial charge < -0.3 is 4.74 Å². The minimum Gasteiger partial charge on any atom is -0.378 e. The molecule has 1 saturated heterocycles. The Hall–Kier alpha value is -0.870. The summed E-state index contributed by atoms with van der Waals surface area (Å²) in [6.07, 6.45) is 5.05. The Bertz CT molecular complexity index is 465. The standard InChI is InChI=1S/C15H23ClN2O2/c1-3-13-15(16)14(18(4-2)17-13)10-11(19)7-8-12-6-5-9-20-12/h12H,3-10H2,1-2H3. The summed E-state index contributed by atoms with van der Waals surface area (Å²) in [7, 11) is 0. The third-order valence-corrected chi connectivity index (χ3v) is 4.26. The zero-order valence-electron chi connectivity index (χ0n) is 12.3. The van der Waals surface area contributed by atoms with Crippen LogP contribution in [0, 0.1) is 0 Å². The Balaban J connectivity index is 1.94. The number of Topliss-reactive ketones (excluding diaryl/α,β-unsaturated/α-hetero) is 1. The highest BCUT2D eigenvalue weighted by Gasteiger charge is 2.20. The molecule has 1 aromatic heterocycles. The molecule has 1 atom stereocenters. The van der Waals surface area contributed by atoms with E-state index in [9.17, 15) is 4.79 Å². The first-order chi connectivity index (χ1) is 9.65. The van der Waals surface area contributed by atoms with Crippen molar-refractivity contribution in [3.05, 3.63) is 16.4 Å². The lowest BCUT2D eigenvalue weighted by Crippen LogP contribution is -2.13. The summed E-state index contributed by atoms with van der Waals surface area (Å²) < 4.78 is 7.40. The van der Waals surface area contributed by atoms with Crippen molar-refractivity contribution in [3.63, 3.8) is 0 Å². The van der Waals surface area contributed by atoms with E-state index >= 15 is 0 Å². The van der Waals surface area contributed by atoms with Crippen molar-refractivity contribution in [2.45, 2.75) is 65.0 Å². The Morgan fingerprint density at radius 2 is 2.30 bits per heavy atom. The lowest BCUT2D eigenvalue weighted by Gasteiger charge is -2.09. The molecule has 1 fully saturated rings. The van der Waals surface area contributed by atoms with Crippen molar-refractivity contribution in [2.75, 3.05) is 6.61 Å². The van der Waals surface area contributed by atoms with Gasteiger partial charge in [0.25, 0.3) is 0 Å². The molecule has 0 saturated carbocycles. The number of aryl methyl sites for hydroxylation is 2. The average molecular weight is 299 g/mol. The molecule has 0 radical (unpaired) electrons. The molecule has 20 heavy (non-hydrogen) atoms. The van der Waals surface area contributed by atoms with Gasteiger partial charge in [-0.1, -0.05) is 18.5 Å². The van der Waals surface area contributed by atoms with Gasteiger partial charge in [0.05, 0.1) is 22.5 Å². The molecule has 5 heteroatoms. The van der Waals surface area contributed by atoms with E-state index in [1.54, 1.807) is 0 Å². The van der Waals surface area contributed by atoms with Crippen LogP contribution in [0.1, 0.15) is 50.9 Å². The van der Waals surface area contributed by atoms with Crippen molar-refractivity contribution in [1.29, 1.82) is 0 Å². The minimum absolute atomic E-state index is 0.222. The van der Waals surface area contributed by atoms with E-state index in [1.807, 2.05) is 18.5 Å². The zero-order chi connectivity index (χ0) is 14.5. The van der Waals surface area contributed by atoms with Gasteiger partial charge in [-0.25, -0.2) is 0 Å². The highest BCUT2D eigenvalue weighted by Crippen LogP contribution is 2.23. The van der Waals surface area contributed by atoms with Gasteiger partial charge in [0.2, 0.25) is 0 Å². The topological polar surface area (TPSA) is 44.1 Å². The molecule has 0 N–H and O–H groups in total. The van der Waals surface area contributed by atoms with Gasteiger partial charge in [-0.3, -0.25) is 9.48 Å². The Morgan fingerprint density at radius 3 is 2.90 bits per heavy atom. The Labute approximate surface area is 125 Å². The molecule has 0 aromatic carbocycles. The van der Waals surface area contributed by atoms with Crippen LogP contribution < -0.4 is 0 Å². The molecule has 4 nitrogen and oxygen atoms in total. The van der Waals surface area contributed by atoms with Crippen LogP contribution >= 0.6 is 11.6 Å². The average Bonchev–Trinajstić information content (AvgIpc) is 3.06. The van der Waals surface area contributed by atoms with Crippen molar-refractivity contribution in [3.8, 4) is 0 Å². The summed E-state index contributed by atoms with van der Waals surface area (Å²) >= 11 is 6.32. The van der Waals surface area contributed by atoms with E-state index < -0.39 is 0 Å². The van der Waals surface area contributed by atoms with Crippen LogP contribution in [0.4, 0.5) is 0 Å². The first-order valence-corrected chi connectivity index (χ1v) is 7.90. The molecule has 1 aliphatic rings.